The van der Waals surface area contributed by atoms with Crippen LogP contribution in [0.3, 0.4) is 0 Å². The molecule has 0 saturated carbocycles. The van der Waals surface area contributed by atoms with Crippen LogP contribution in [0.5, 0.6) is 0 Å². The number of carbonyl (C=O) groups excluding carboxylic acids is 2. The Kier molecular flexibility index (Phi) is 5.06. The molecule has 0 aliphatic rings. The monoisotopic (exact) mass is 271 g/mol. The van der Waals surface area contributed by atoms with Crippen molar-refractivity contribution in [2.75, 3.05) is 17.7 Å². The molecule has 0 saturated heterocycles. The number of benzene rings is 1. The van der Waals surface area contributed by atoms with E-state index < -0.39 is 16.7 Å². The molecule has 8 heteroatoms. The van der Waals surface area contributed by atoms with Crippen molar-refractivity contribution in [3.63, 3.8) is 0 Å². The largest absolute Gasteiger partial charge is 0.347 e. The standard InChI is InChI=1S/C10H10ClN3O4/c11-5-6-12-9(15)10(16)13-7-1-3-8(4-2-7)14(17)18/h1-4H,5-6H2,(H,12,15)(H,13,16). The van der Waals surface area contributed by atoms with Gasteiger partial charge in [-0.1, -0.05) is 0 Å². The lowest BCUT2D eigenvalue weighted by Gasteiger charge is -2.04. The zero-order chi connectivity index (χ0) is 13.5. The van der Waals surface area contributed by atoms with Crippen LogP contribution in [0.1, 0.15) is 0 Å². The fourth-order valence-electron chi connectivity index (χ4n) is 1.10. The SMILES string of the molecule is O=C(NCCCl)C(=O)Nc1ccc([N+](=O)[O-])cc1. The van der Waals surface area contributed by atoms with Gasteiger partial charge in [0.2, 0.25) is 0 Å². The Bertz CT molecular complexity index is 461. The van der Waals surface area contributed by atoms with Crippen LogP contribution in [0.2, 0.25) is 0 Å². The number of non-ortho nitro benzene ring substituents is 1. The second kappa shape index (κ2) is 6.55. The van der Waals surface area contributed by atoms with Crippen LogP contribution in [0, 0.1) is 10.1 Å². The van der Waals surface area contributed by atoms with Crippen LogP contribution in [0.15, 0.2) is 24.3 Å². The third-order valence-corrected chi connectivity index (χ3v) is 2.11. The minimum Gasteiger partial charge on any atom is -0.347 e. The van der Waals surface area contributed by atoms with E-state index >= 15 is 0 Å². The Morgan fingerprint density at radius 3 is 2.33 bits per heavy atom. The summed E-state index contributed by atoms with van der Waals surface area (Å²) in [4.78, 5) is 32.4. The number of nitrogens with zero attached hydrogens (tertiary/aromatic N) is 1. The Hall–Kier alpha value is -2.15. The van der Waals surface area contributed by atoms with Crippen molar-refractivity contribution in [3.05, 3.63) is 34.4 Å². The van der Waals surface area contributed by atoms with Crippen LogP contribution >= 0.6 is 11.6 Å². The molecule has 1 aromatic rings. The van der Waals surface area contributed by atoms with Gasteiger partial charge in [0.05, 0.1) is 4.92 Å². The molecular weight excluding hydrogens is 262 g/mol. The smallest absolute Gasteiger partial charge is 0.313 e. The topological polar surface area (TPSA) is 101 Å². The number of carbonyl (C=O) groups is 2. The molecule has 7 nitrogen and oxygen atoms in total. The maximum Gasteiger partial charge on any atom is 0.313 e. The van der Waals surface area contributed by atoms with Gasteiger partial charge < -0.3 is 10.6 Å². The lowest BCUT2D eigenvalue weighted by Crippen LogP contribution is -2.36. The van der Waals surface area contributed by atoms with Crippen LogP contribution in [-0.2, 0) is 9.59 Å². The molecule has 1 aromatic carbocycles. The summed E-state index contributed by atoms with van der Waals surface area (Å²) in [7, 11) is 0. The van der Waals surface area contributed by atoms with Crippen molar-refractivity contribution in [3.8, 4) is 0 Å². The van der Waals surface area contributed by atoms with E-state index in [0.717, 1.165) is 0 Å². The predicted molar refractivity (Wildman–Crippen MR) is 65.5 cm³/mol. The predicted octanol–water partition coefficient (Wildman–Crippen LogP) is 0.888. The number of hydrogen-bond acceptors (Lipinski definition) is 4. The Morgan fingerprint density at radius 1 is 1.22 bits per heavy atom. The van der Waals surface area contributed by atoms with E-state index in [-0.39, 0.29) is 18.1 Å². The van der Waals surface area contributed by atoms with Gasteiger partial charge >= 0.3 is 11.8 Å². The summed E-state index contributed by atoms with van der Waals surface area (Å²) in [5.41, 5.74) is 0.200. The molecule has 1 rings (SSSR count). The Balaban J connectivity index is 2.59. The van der Waals surface area contributed by atoms with Gasteiger partial charge in [0, 0.05) is 30.2 Å². The van der Waals surface area contributed by atoms with E-state index in [1.54, 1.807) is 0 Å². The first kappa shape index (κ1) is 13.9. The average molecular weight is 272 g/mol. The van der Waals surface area contributed by atoms with Crippen molar-refractivity contribution in [2.45, 2.75) is 0 Å². The van der Waals surface area contributed by atoms with Gasteiger partial charge in [-0.2, -0.15) is 0 Å². The van der Waals surface area contributed by atoms with Crippen molar-refractivity contribution in [1.82, 2.24) is 5.32 Å². The van der Waals surface area contributed by atoms with Gasteiger partial charge in [0.1, 0.15) is 0 Å². The van der Waals surface area contributed by atoms with Gasteiger partial charge in [-0.25, -0.2) is 0 Å². The van der Waals surface area contributed by atoms with Crippen molar-refractivity contribution in [2.24, 2.45) is 0 Å². The number of rotatable bonds is 4. The van der Waals surface area contributed by atoms with Gasteiger partial charge in [0.25, 0.3) is 5.69 Å². The lowest BCUT2D eigenvalue weighted by molar-refractivity contribution is -0.384. The number of nitro benzene ring substituents is 1. The molecule has 0 aromatic heterocycles. The third-order valence-electron chi connectivity index (χ3n) is 1.92. The number of hydrogen-bond donors (Lipinski definition) is 2. The van der Waals surface area contributed by atoms with E-state index in [1.165, 1.54) is 24.3 Å². The van der Waals surface area contributed by atoms with E-state index in [1.807, 2.05) is 0 Å². The van der Waals surface area contributed by atoms with Crippen molar-refractivity contribution < 1.29 is 14.5 Å². The molecule has 96 valence electrons. The molecule has 2 N–H and O–H groups in total. The molecule has 0 unspecified atom stereocenters. The summed E-state index contributed by atoms with van der Waals surface area (Å²) in [5, 5.41) is 15.0. The summed E-state index contributed by atoms with van der Waals surface area (Å²) >= 11 is 5.35. The molecule has 0 aliphatic heterocycles. The molecule has 0 bridgehead atoms. The van der Waals surface area contributed by atoms with Crippen LogP contribution in [-0.4, -0.2) is 29.2 Å². The molecule has 18 heavy (non-hydrogen) atoms. The first-order valence-corrected chi connectivity index (χ1v) is 5.47. The summed E-state index contributed by atoms with van der Waals surface area (Å²) in [5.74, 6) is -1.46. The van der Waals surface area contributed by atoms with E-state index in [9.17, 15) is 19.7 Å². The number of nitrogens with one attached hydrogen (secondary N) is 2. The Morgan fingerprint density at radius 2 is 1.83 bits per heavy atom. The highest BCUT2D eigenvalue weighted by Crippen LogP contribution is 2.15. The van der Waals surface area contributed by atoms with Gasteiger partial charge in [-0.3, -0.25) is 19.7 Å². The van der Waals surface area contributed by atoms with E-state index in [0.29, 0.717) is 5.69 Å². The quantitative estimate of drug-likeness (QED) is 0.367. The van der Waals surface area contributed by atoms with Crippen LogP contribution < -0.4 is 10.6 Å². The van der Waals surface area contributed by atoms with E-state index in [4.69, 9.17) is 11.6 Å². The van der Waals surface area contributed by atoms with Crippen molar-refractivity contribution in [1.29, 1.82) is 0 Å². The molecule has 0 atom stereocenters. The maximum absolute atomic E-state index is 11.3. The second-order valence-electron chi connectivity index (χ2n) is 3.20. The highest BCUT2D eigenvalue weighted by Gasteiger charge is 2.13. The third kappa shape index (κ3) is 4.02. The minimum absolute atomic E-state index is 0.0976. The fraction of sp³-hybridized carbons (Fsp3) is 0.200. The molecule has 0 fully saturated rings. The summed E-state index contributed by atoms with van der Waals surface area (Å²) < 4.78 is 0. The summed E-state index contributed by atoms with van der Waals surface area (Å²) in [6, 6.07) is 5.13. The highest BCUT2D eigenvalue weighted by atomic mass is 35.5. The average Bonchev–Trinajstić information content (AvgIpc) is 2.36. The zero-order valence-corrected chi connectivity index (χ0v) is 9.94. The second-order valence-corrected chi connectivity index (χ2v) is 3.58. The van der Waals surface area contributed by atoms with Crippen molar-refractivity contribution >= 4 is 34.8 Å². The first-order valence-electron chi connectivity index (χ1n) is 4.94. The number of nitro groups is 1. The summed E-state index contributed by atoms with van der Waals surface area (Å²) in [6.45, 7) is 0.189. The molecule has 2 amide bonds. The van der Waals surface area contributed by atoms with E-state index in [2.05, 4.69) is 10.6 Å². The maximum atomic E-state index is 11.3. The minimum atomic E-state index is -0.853. The highest BCUT2D eigenvalue weighted by molar-refractivity contribution is 6.39. The molecule has 0 spiro atoms. The molecule has 0 radical (unpaired) electrons. The van der Waals surface area contributed by atoms with Crippen LogP contribution in [0.4, 0.5) is 11.4 Å². The first-order chi connectivity index (χ1) is 8.54. The van der Waals surface area contributed by atoms with Gasteiger partial charge in [-0.15, -0.1) is 11.6 Å². The number of halogens is 1. The Labute approximate surface area is 107 Å². The number of anilines is 1. The summed E-state index contributed by atoms with van der Waals surface area (Å²) in [6.07, 6.45) is 0. The van der Waals surface area contributed by atoms with Gasteiger partial charge in [-0.05, 0) is 12.1 Å². The number of amides is 2. The molecule has 0 aliphatic carbocycles. The zero-order valence-electron chi connectivity index (χ0n) is 9.18. The normalized spacial score (nSPS) is 9.61. The molecule has 0 heterocycles. The lowest BCUT2D eigenvalue weighted by atomic mass is 10.3. The number of alkyl halides is 1. The fourth-order valence-corrected chi connectivity index (χ4v) is 1.19. The van der Waals surface area contributed by atoms with Crippen LogP contribution in [0.25, 0.3) is 0 Å². The van der Waals surface area contributed by atoms with Gasteiger partial charge in [0.15, 0.2) is 0 Å². The molecular formula is C10H10ClN3O4.